The van der Waals surface area contributed by atoms with Crippen molar-refractivity contribution in [3.05, 3.63) is 64.7 Å². The SMILES string of the molecule is Cc1cc(C(=O)CSc2nnc(C3CC3)n2C2CC2)c(C)n1C(C)c1ccccc1. The molecule has 2 saturated carbocycles. The van der Waals surface area contributed by atoms with Crippen LogP contribution in [0.1, 0.15) is 83.7 Å². The van der Waals surface area contributed by atoms with E-state index >= 15 is 0 Å². The normalized spacial score (nSPS) is 17.3. The lowest BCUT2D eigenvalue weighted by molar-refractivity contribution is 0.102. The van der Waals surface area contributed by atoms with Gasteiger partial charge in [-0.3, -0.25) is 4.79 Å². The van der Waals surface area contributed by atoms with Crippen LogP contribution in [0.4, 0.5) is 0 Å². The highest BCUT2D eigenvalue weighted by atomic mass is 32.2. The van der Waals surface area contributed by atoms with Crippen LogP contribution >= 0.6 is 11.8 Å². The van der Waals surface area contributed by atoms with Gasteiger partial charge in [0.25, 0.3) is 0 Å². The van der Waals surface area contributed by atoms with Crippen molar-refractivity contribution in [1.82, 2.24) is 19.3 Å². The van der Waals surface area contributed by atoms with Crippen molar-refractivity contribution >= 4 is 17.5 Å². The molecule has 1 atom stereocenters. The predicted molar refractivity (Wildman–Crippen MR) is 119 cm³/mol. The number of ketones is 1. The molecule has 0 radical (unpaired) electrons. The molecular formula is C24H28N4OS. The molecule has 2 aromatic heterocycles. The monoisotopic (exact) mass is 420 g/mol. The number of aryl methyl sites for hydroxylation is 1. The molecule has 2 heterocycles. The third kappa shape index (κ3) is 3.62. The van der Waals surface area contributed by atoms with Gasteiger partial charge >= 0.3 is 0 Å². The Morgan fingerprint density at radius 2 is 1.87 bits per heavy atom. The Kier molecular flexibility index (Phi) is 5.05. The van der Waals surface area contributed by atoms with E-state index in [4.69, 9.17) is 0 Å². The minimum atomic E-state index is 0.165. The zero-order valence-corrected chi connectivity index (χ0v) is 18.7. The van der Waals surface area contributed by atoms with Crippen molar-refractivity contribution in [3.8, 4) is 0 Å². The van der Waals surface area contributed by atoms with Gasteiger partial charge in [0.15, 0.2) is 10.9 Å². The maximum Gasteiger partial charge on any atom is 0.191 e. The number of Topliss-reactive ketones (excluding diaryl/α,β-unsaturated/α-hetero) is 1. The standard InChI is InChI=1S/C24H28N4OS/c1-15-13-21(17(3)27(15)16(2)18-7-5-4-6-8-18)22(29)14-30-24-26-25-23(19-9-10-19)28(24)20-11-12-20/h4-8,13,16,19-20H,9-12,14H2,1-3H3. The van der Waals surface area contributed by atoms with E-state index in [1.807, 2.05) is 12.1 Å². The molecule has 2 aliphatic carbocycles. The van der Waals surface area contributed by atoms with Crippen molar-refractivity contribution < 1.29 is 4.79 Å². The van der Waals surface area contributed by atoms with Crippen LogP contribution in [0.5, 0.6) is 0 Å². The molecule has 2 aliphatic rings. The van der Waals surface area contributed by atoms with E-state index in [1.165, 1.54) is 31.2 Å². The molecular weight excluding hydrogens is 392 g/mol. The largest absolute Gasteiger partial charge is 0.341 e. The van der Waals surface area contributed by atoms with Gasteiger partial charge in [-0.15, -0.1) is 10.2 Å². The van der Waals surface area contributed by atoms with Crippen LogP contribution in [0.25, 0.3) is 0 Å². The van der Waals surface area contributed by atoms with Crippen molar-refractivity contribution in [2.45, 2.75) is 69.6 Å². The van der Waals surface area contributed by atoms with Crippen molar-refractivity contribution in [2.24, 2.45) is 0 Å². The Morgan fingerprint density at radius 1 is 1.13 bits per heavy atom. The maximum atomic E-state index is 13.1. The first-order valence-corrected chi connectivity index (χ1v) is 11.9. The molecule has 5 nitrogen and oxygen atoms in total. The van der Waals surface area contributed by atoms with E-state index in [-0.39, 0.29) is 11.8 Å². The summed E-state index contributed by atoms with van der Waals surface area (Å²) >= 11 is 1.54. The van der Waals surface area contributed by atoms with Crippen LogP contribution < -0.4 is 0 Å². The van der Waals surface area contributed by atoms with Crippen LogP contribution in [-0.2, 0) is 0 Å². The average molecular weight is 421 g/mol. The number of carbonyl (C=O) groups is 1. The van der Waals surface area contributed by atoms with Crippen LogP contribution in [0.2, 0.25) is 0 Å². The molecule has 0 saturated heterocycles. The highest BCUT2D eigenvalue weighted by molar-refractivity contribution is 7.99. The molecule has 0 amide bonds. The molecule has 2 fully saturated rings. The Hall–Kier alpha value is -2.34. The lowest BCUT2D eigenvalue weighted by atomic mass is 10.1. The predicted octanol–water partition coefficient (Wildman–Crippen LogP) is 5.49. The number of thioether (sulfide) groups is 1. The van der Waals surface area contributed by atoms with Gasteiger partial charge in [-0.05, 0) is 58.1 Å². The van der Waals surface area contributed by atoms with Crippen molar-refractivity contribution in [1.29, 1.82) is 0 Å². The Labute approximate surface area is 181 Å². The molecule has 1 unspecified atom stereocenters. The summed E-state index contributed by atoms with van der Waals surface area (Å²) < 4.78 is 4.58. The number of nitrogens with zero attached hydrogens (tertiary/aromatic N) is 4. The summed E-state index contributed by atoms with van der Waals surface area (Å²) in [5.41, 5.74) is 4.23. The molecule has 156 valence electrons. The molecule has 0 bridgehead atoms. The summed E-state index contributed by atoms with van der Waals surface area (Å²) in [6.07, 6.45) is 4.86. The molecule has 5 rings (SSSR count). The second-order valence-corrected chi connectivity index (χ2v) is 9.61. The van der Waals surface area contributed by atoms with Gasteiger partial charge < -0.3 is 9.13 Å². The molecule has 0 N–H and O–H groups in total. The van der Waals surface area contributed by atoms with Gasteiger partial charge in [-0.1, -0.05) is 42.1 Å². The number of aromatic nitrogens is 4. The first kappa shape index (κ1) is 19.6. The van der Waals surface area contributed by atoms with Gasteiger partial charge in [0.1, 0.15) is 5.82 Å². The summed E-state index contributed by atoms with van der Waals surface area (Å²) in [5.74, 6) is 2.29. The molecule has 1 aromatic carbocycles. The molecule has 30 heavy (non-hydrogen) atoms. The van der Waals surface area contributed by atoms with E-state index in [2.05, 4.69) is 64.4 Å². The van der Waals surface area contributed by atoms with Crippen LogP contribution in [0.3, 0.4) is 0 Å². The molecule has 0 aliphatic heterocycles. The molecule has 0 spiro atoms. The number of carbonyl (C=O) groups excluding carboxylic acids is 1. The zero-order valence-electron chi connectivity index (χ0n) is 17.8. The van der Waals surface area contributed by atoms with Gasteiger partial charge in [-0.25, -0.2) is 0 Å². The van der Waals surface area contributed by atoms with Crippen LogP contribution in [0, 0.1) is 13.8 Å². The van der Waals surface area contributed by atoms with Gasteiger partial charge in [0.05, 0.1) is 11.8 Å². The molecule has 6 heteroatoms. The van der Waals surface area contributed by atoms with Gasteiger partial charge in [-0.2, -0.15) is 0 Å². The summed E-state index contributed by atoms with van der Waals surface area (Å²) in [6, 6.07) is 13.2. The fourth-order valence-corrected chi connectivity index (χ4v) is 5.32. The van der Waals surface area contributed by atoms with Crippen molar-refractivity contribution in [3.63, 3.8) is 0 Å². The minimum absolute atomic E-state index is 0.165. The number of rotatable bonds is 8. The zero-order chi connectivity index (χ0) is 20.8. The third-order valence-electron chi connectivity index (χ3n) is 6.33. The van der Waals surface area contributed by atoms with Crippen LogP contribution in [-0.4, -0.2) is 30.9 Å². The topological polar surface area (TPSA) is 52.7 Å². The van der Waals surface area contributed by atoms with Crippen molar-refractivity contribution in [2.75, 3.05) is 5.75 Å². The minimum Gasteiger partial charge on any atom is -0.341 e. The highest BCUT2D eigenvalue weighted by Crippen LogP contribution is 2.46. The quantitative estimate of drug-likeness (QED) is 0.357. The van der Waals surface area contributed by atoms with E-state index in [0.717, 1.165) is 27.9 Å². The highest BCUT2D eigenvalue weighted by Gasteiger charge is 2.36. The first-order chi connectivity index (χ1) is 14.5. The Bertz CT molecular complexity index is 1080. The lowest BCUT2D eigenvalue weighted by Crippen LogP contribution is -2.12. The number of benzene rings is 1. The smallest absolute Gasteiger partial charge is 0.191 e. The second kappa shape index (κ2) is 7.73. The van der Waals surface area contributed by atoms with E-state index < -0.39 is 0 Å². The first-order valence-electron chi connectivity index (χ1n) is 10.9. The van der Waals surface area contributed by atoms with E-state index in [1.54, 1.807) is 11.8 Å². The Balaban J connectivity index is 1.34. The average Bonchev–Trinajstić information content (AvgIpc) is 3.69. The number of hydrogen-bond acceptors (Lipinski definition) is 4. The lowest BCUT2D eigenvalue weighted by Gasteiger charge is -2.19. The summed E-state index contributed by atoms with van der Waals surface area (Å²) in [5, 5.41) is 9.81. The summed E-state index contributed by atoms with van der Waals surface area (Å²) in [7, 11) is 0. The summed E-state index contributed by atoms with van der Waals surface area (Å²) in [6.45, 7) is 6.33. The van der Waals surface area contributed by atoms with Gasteiger partial charge in [0, 0.05) is 28.9 Å². The van der Waals surface area contributed by atoms with Crippen LogP contribution in [0.15, 0.2) is 41.6 Å². The summed E-state index contributed by atoms with van der Waals surface area (Å²) in [4.78, 5) is 13.1. The Morgan fingerprint density at radius 3 is 2.53 bits per heavy atom. The number of hydrogen-bond donors (Lipinski definition) is 0. The fraction of sp³-hybridized carbons (Fsp3) is 0.458. The molecule has 3 aromatic rings. The van der Waals surface area contributed by atoms with Gasteiger partial charge in [0.2, 0.25) is 0 Å². The van der Waals surface area contributed by atoms with E-state index in [9.17, 15) is 4.79 Å². The van der Waals surface area contributed by atoms with E-state index in [0.29, 0.717) is 17.7 Å². The fourth-order valence-electron chi connectivity index (χ4n) is 4.43. The second-order valence-electron chi connectivity index (χ2n) is 8.67. The maximum absolute atomic E-state index is 13.1. The third-order valence-corrected chi connectivity index (χ3v) is 7.27.